The van der Waals surface area contributed by atoms with Crippen molar-refractivity contribution in [1.29, 1.82) is 0 Å². The lowest BCUT2D eigenvalue weighted by atomic mass is 10.7. The Morgan fingerprint density at radius 3 is 2.25 bits per heavy atom. The Morgan fingerprint density at radius 2 is 1.92 bits per heavy atom. The maximum atomic E-state index is 11.1. The lowest BCUT2D eigenvalue weighted by Gasteiger charge is -2.07. The third-order valence-corrected chi connectivity index (χ3v) is 2.52. The summed E-state index contributed by atoms with van der Waals surface area (Å²) < 4.78 is 22.2. The molecule has 5 nitrogen and oxygen atoms in total. The number of hydrogen-bond acceptors (Lipinski definition) is 5. The summed E-state index contributed by atoms with van der Waals surface area (Å²) in [6.45, 7) is 0.464. The van der Waals surface area contributed by atoms with Gasteiger partial charge in [-0.2, -0.15) is 0 Å². The van der Waals surface area contributed by atoms with Gasteiger partial charge in [0.05, 0.1) is 11.2 Å². The smallest absolute Gasteiger partial charge is 0.176 e. The molecular formula is C6H15N3O2S. The molecule has 0 aliphatic heterocycles. The first-order valence-electron chi connectivity index (χ1n) is 3.43. The molecular weight excluding hydrogens is 178 g/mol. The SMILES string of the molecule is CN(C)CCS(=O)(=O)C=C(N)N. The molecule has 0 bridgehead atoms. The first-order valence-corrected chi connectivity index (χ1v) is 5.15. The van der Waals surface area contributed by atoms with Crippen LogP contribution in [0.2, 0.25) is 0 Å². The quantitative estimate of drug-likeness (QED) is 0.578. The van der Waals surface area contributed by atoms with Crippen LogP contribution in [0.1, 0.15) is 0 Å². The fourth-order valence-electron chi connectivity index (χ4n) is 0.576. The highest BCUT2D eigenvalue weighted by molar-refractivity contribution is 7.94. The average Bonchev–Trinajstić information content (AvgIpc) is 1.81. The number of rotatable bonds is 4. The minimum absolute atomic E-state index is 0.0396. The van der Waals surface area contributed by atoms with E-state index in [1.165, 1.54) is 0 Å². The number of nitrogens with two attached hydrogens (primary N) is 2. The van der Waals surface area contributed by atoms with Gasteiger partial charge in [-0.05, 0) is 14.1 Å². The van der Waals surface area contributed by atoms with Gasteiger partial charge in [0.15, 0.2) is 9.84 Å². The van der Waals surface area contributed by atoms with Gasteiger partial charge in [-0.15, -0.1) is 0 Å². The summed E-state index contributed by atoms with van der Waals surface area (Å²) in [7, 11) is 0.364. The second-order valence-corrected chi connectivity index (χ2v) is 4.76. The van der Waals surface area contributed by atoms with E-state index >= 15 is 0 Å². The van der Waals surface area contributed by atoms with E-state index < -0.39 is 9.84 Å². The van der Waals surface area contributed by atoms with Crippen LogP contribution in [0, 0.1) is 0 Å². The van der Waals surface area contributed by atoms with Gasteiger partial charge in [-0.25, -0.2) is 8.42 Å². The highest BCUT2D eigenvalue weighted by Crippen LogP contribution is 1.93. The molecule has 0 radical (unpaired) electrons. The van der Waals surface area contributed by atoms with Crippen LogP contribution in [0.15, 0.2) is 11.2 Å². The van der Waals surface area contributed by atoms with E-state index in [4.69, 9.17) is 11.5 Å². The van der Waals surface area contributed by atoms with E-state index in [1.807, 2.05) is 0 Å². The minimum atomic E-state index is -3.23. The number of hydrogen-bond donors (Lipinski definition) is 2. The molecule has 0 atom stereocenters. The summed E-state index contributed by atoms with van der Waals surface area (Å²) in [4.78, 5) is 1.78. The highest BCUT2D eigenvalue weighted by atomic mass is 32.2. The van der Waals surface area contributed by atoms with Crippen LogP contribution >= 0.6 is 0 Å². The molecule has 0 heterocycles. The summed E-state index contributed by atoms with van der Waals surface area (Å²) in [5.74, 6) is -0.133. The number of nitrogens with zero attached hydrogens (tertiary/aromatic N) is 1. The number of sulfone groups is 1. The summed E-state index contributed by atoms with van der Waals surface area (Å²) in [6.07, 6.45) is 0. The maximum absolute atomic E-state index is 11.1. The van der Waals surface area contributed by atoms with Gasteiger partial charge in [0.1, 0.15) is 5.82 Å². The zero-order valence-corrected chi connectivity index (χ0v) is 8.13. The summed E-state index contributed by atoms with van der Waals surface area (Å²) in [5, 5.41) is 0.885. The highest BCUT2D eigenvalue weighted by Gasteiger charge is 2.07. The molecule has 0 aliphatic rings. The van der Waals surface area contributed by atoms with E-state index in [-0.39, 0.29) is 11.6 Å². The van der Waals surface area contributed by atoms with Gasteiger partial charge in [0, 0.05) is 6.54 Å². The molecule has 0 fully saturated rings. The lowest BCUT2D eigenvalue weighted by molar-refractivity contribution is 0.433. The topological polar surface area (TPSA) is 89.4 Å². The van der Waals surface area contributed by atoms with Crippen molar-refractivity contribution in [2.45, 2.75) is 0 Å². The van der Waals surface area contributed by atoms with E-state index in [2.05, 4.69) is 0 Å². The summed E-state index contributed by atoms with van der Waals surface area (Å²) >= 11 is 0. The molecule has 0 amide bonds. The predicted octanol–water partition coefficient (Wildman–Crippen LogP) is -1.32. The fraction of sp³-hybridized carbons (Fsp3) is 0.667. The first-order chi connectivity index (χ1) is 5.33. The third-order valence-electron chi connectivity index (χ3n) is 1.14. The molecule has 0 spiro atoms. The van der Waals surface area contributed by atoms with Crippen molar-refractivity contribution in [3.8, 4) is 0 Å². The van der Waals surface area contributed by atoms with Crippen molar-refractivity contribution in [2.24, 2.45) is 11.5 Å². The standard InChI is InChI=1S/C6H15N3O2S/c1-9(2)3-4-12(10,11)5-6(7)8/h5H,3-4,7-8H2,1-2H3. The van der Waals surface area contributed by atoms with Crippen LogP contribution < -0.4 is 11.5 Å². The Labute approximate surface area is 72.9 Å². The van der Waals surface area contributed by atoms with Gasteiger partial charge in [-0.1, -0.05) is 0 Å². The molecule has 0 aromatic carbocycles. The van der Waals surface area contributed by atoms with E-state index in [9.17, 15) is 8.42 Å². The first kappa shape index (κ1) is 11.2. The summed E-state index contributed by atoms with van der Waals surface area (Å²) in [5.41, 5.74) is 10.1. The van der Waals surface area contributed by atoms with Gasteiger partial charge in [0.25, 0.3) is 0 Å². The van der Waals surface area contributed by atoms with Crippen molar-refractivity contribution < 1.29 is 8.42 Å². The zero-order valence-electron chi connectivity index (χ0n) is 7.32. The average molecular weight is 193 g/mol. The molecule has 4 N–H and O–H groups in total. The van der Waals surface area contributed by atoms with E-state index in [1.54, 1.807) is 19.0 Å². The Hall–Kier alpha value is -0.750. The van der Waals surface area contributed by atoms with E-state index in [0.29, 0.717) is 6.54 Å². The van der Waals surface area contributed by atoms with Gasteiger partial charge < -0.3 is 16.4 Å². The normalized spacial score (nSPS) is 11.6. The summed E-state index contributed by atoms with van der Waals surface area (Å²) in [6, 6.07) is 0. The Bertz CT molecular complexity index is 252. The zero-order chi connectivity index (χ0) is 9.78. The molecule has 0 aromatic heterocycles. The second-order valence-electron chi connectivity index (χ2n) is 2.79. The molecule has 12 heavy (non-hydrogen) atoms. The van der Waals surface area contributed by atoms with Crippen LogP contribution in [0.4, 0.5) is 0 Å². The van der Waals surface area contributed by atoms with Crippen LogP contribution in [-0.4, -0.2) is 39.7 Å². The largest absolute Gasteiger partial charge is 0.385 e. The van der Waals surface area contributed by atoms with Crippen molar-refractivity contribution in [3.63, 3.8) is 0 Å². The third kappa shape index (κ3) is 5.99. The van der Waals surface area contributed by atoms with Crippen LogP contribution in [-0.2, 0) is 9.84 Å². The predicted molar refractivity (Wildman–Crippen MR) is 48.8 cm³/mol. The molecule has 0 rings (SSSR count). The Kier molecular flexibility index (Phi) is 4.05. The molecule has 0 unspecified atom stereocenters. The lowest BCUT2D eigenvalue weighted by Crippen LogP contribution is -2.22. The fourth-order valence-corrected chi connectivity index (χ4v) is 1.73. The Balaban J connectivity index is 4.17. The van der Waals surface area contributed by atoms with Crippen LogP contribution in [0.25, 0.3) is 0 Å². The van der Waals surface area contributed by atoms with Crippen LogP contribution in [0.5, 0.6) is 0 Å². The van der Waals surface area contributed by atoms with Gasteiger partial charge >= 0.3 is 0 Å². The monoisotopic (exact) mass is 193 g/mol. The van der Waals surface area contributed by atoms with Crippen LogP contribution in [0.3, 0.4) is 0 Å². The minimum Gasteiger partial charge on any atom is -0.385 e. The van der Waals surface area contributed by atoms with Crippen molar-refractivity contribution in [3.05, 3.63) is 11.2 Å². The van der Waals surface area contributed by atoms with Crippen molar-refractivity contribution in [2.75, 3.05) is 26.4 Å². The maximum Gasteiger partial charge on any atom is 0.176 e. The molecule has 6 heteroatoms. The molecule has 0 saturated heterocycles. The molecule has 0 saturated carbocycles. The van der Waals surface area contributed by atoms with Crippen molar-refractivity contribution in [1.82, 2.24) is 4.90 Å². The van der Waals surface area contributed by atoms with Crippen molar-refractivity contribution >= 4 is 9.84 Å². The second kappa shape index (κ2) is 4.32. The molecule has 0 aromatic rings. The van der Waals surface area contributed by atoms with Gasteiger partial charge in [-0.3, -0.25) is 0 Å². The van der Waals surface area contributed by atoms with E-state index in [0.717, 1.165) is 5.41 Å². The Morgan fingerprint density at radius 1 is 1.42 bits per heavy atom. The molecule has 0 aliphatic carbocycles. The molecule has 72 valence electrons. The van der Waals surface area contributed by atoms with Gasteiger partial charge in [0.2, 0.25) is 0 Å².